The zero-order chi connectivity index (χ0) is 14.9. The van der Waals surface area contributed by atoms with Crippen LogP contribution in [0.15, 0.2) is 36.7 Å². The molecule has 0 bridgehead atoms. The SMILES string of the molecule is Cc1nncn1CCN1C[C@@H](c2ccccc2)C(C)(C)C1. The van der Waals surface area contributed by atoms with Crippen LogP contribution in [0.5, 0.6) is 0 Å². The minimum atomic E-state index is 0.323. The molecule has 1 fully saturated rings. The first kappa shape index (κ1) is 14.3. The van der Waals surface area contributed by atoms with Crippen molar-refractivity contribution in [1.82, 2.24) is 19.7 Å². The van der Waals surface area contributed by atoms with E-state index in [-0.39, 0.29) is 0 Å². The Morgan fingerprint density at radius 2 is 1.95 bits per heavy atom. The monoisotopic (exact) mass is 284 g/mol. The number of nitrogens with zero attached hydrogens (tertiary/aromatic N) is 4. The molecule has 2 aromatic rings. The van der Waals surface area contributed by atoms with Crippen LogP contribution in [0.3, 0.4) is 0 Å². The van der Waals surface area contributed by atoms with Crippen LogP contribution in [0.25, 0.3) is 0 Å². The van der Waals surface area contributed by atoms with E-state index in [0.717, 1.165) is 32.0 Å². The molecule has 0 saturated carbocycles. The summed E-state index contributed by atoms with van der Waals surface area (Å²) < 4.78 is 2.13. The van der Waals surface area contributed by atoms with Crippen LogP contribution in [0.2, 0.25) is 0 Å². The van der Waals surface area contributed by atoms with Crippen molar-refractivity contribution in [3.8, 4) is 0 Å². The first-order valence-electron chi connectivity index (χ1n) is 7.68. The van der Waals surface area contributed by atoms with E-state index < -0.39 is 0 Å². The maximum Gasteiger partial charge on any atom is 0.129 e. The smallest absolute Gasteiger partial charge is 0.129 e. The van der Waals surface area contributed by atoms with Gasteiger partial charge in [-0.3, -0.25) is 0 Å². The average molecular weight is 284 g/mol. The summed E-state index contributed by atoms with van der Waals surface area (Å²) in [5.41, 5.74) is 1.79. The van der Waals surface area contributed by atoms with Crippen molar-refractivity contribution in [2.75, 3.05) is 19.6 Å². The summed E-state index contributed by atoms with van der Waals surface area (Å²) in [5.74, 6) is 1.61. The third-order valence-corrected chi connectivity index (χ3v) is 4.68. The fourth-order valence-corrected chi connectivity index (χ4v) is 3.45. The van der Waals surface area contributed by atoms with Crippen LogP contribution in [-0.4, -0.2) is 39.3 Å². The van der Waals surface area contributed by atoms with E-state index in [1.54, 1.807) is 0 Å². The second kappa shape index (κ2) is 5.60. The van der Waals surface area contributed by atoms with Crippen LogP contribution in [0.1, 0.15) is 31.2 Å². The van der Waals surface area contributed by atoms with Crippen LogP contribution >= 0.6 is 0 Å². The van der Waals surface area contributed by atoms with Gasteiger partial charge in [0.25, 0.3) is 0 Å². The van der Waals surface area contributed by atoms with Gasteiger partial charge in [-0.05, 0) is 17.9 Å². The number of benzene rings is 1. The van der Waals surface area contributed by atoms with Gasteiger partial charge < -0.3 is 9.47 Å². The van der Waals surface area contributed by atoms with Gasteiger partial charge in [-0.1, -0.05) is 44.2 Å². The molecule has 0 radical (unpaired) electrons. The Morgan fingerprint density at radius 1 is 1.19 bits per heavy atom. The number of aryl methyl sites for hydroxylation is 1. The maximum absolute atomic E-state index is 4.05. The summed E-state index contributed by atoms with van der Waals surface area (Å²) in [7, 11) is 0. The molecule has 1 aliphatic heterocycles. The van der Waals surface area contributed by atoms with Gasteiger partial charge in [0.15, 0.2) is 0 Å². The van der Waals surface area contributed by atoms with Gasteiger partial charge in [0.2, 0.25) is 0 Å². The first-order chi connectivity index (χ1) is 10.1. The Morgan fingerprint density at radius 3 is 2.62 bits per heavy atom. The lowest BCUT2D eigenvalue weighted by molar-refractivity contribution is 0.278. The number of likely N-dealkylation sites (tertiary alicyclic amines) is 1. The van der Waals surface area contributed by atoms with Gasteiger partial charge in [0.05, 0.1) is 0 Å². The molecule has 21 heavy (non-hydrogen) atoms. The molecule has 1 aliphatic rings. The predicted molar refractivity (Wildman–Crippen MR) is 84.2 cm³/mol. The number of hydrogen-bond acceptors (Lipinski definition) is 3. The Kier molecular flexibility index (Phi) is 3.81. The van der Waals surface area contributed by atoms with Gasteiger partial charge in [-0.25, -0.2) is 0 Å². The standard InChI is InChI=1S/C17H24N4/c1-14-19-18-13-21(14)10-9-20-11-16(17(2,3)12-20)15-7-5-4-6-8-15/h4-8,13,16H,9-12H2,1-3H3/t16-/m0/s1. The summed E-state index contributed by atoms with van der Waals surface area (Å²) in [6.45, 7) is 11.1. The Bertz CT molecular complexity index is 588. The second-order valence-electron chi connectivity index (χ2n) is 6.76. The molecule has 0 aliphatic carbocycles. The van der Waals surface area contributed by atoms with Crippen molar-refractivity contribution in [2.45, 2.75) is 33.2 Å². The fourth-order valence-electron chi connectivity index (χ4n) is 3.45. The normalized spacial score (nSPS) is 21.8. The molecule has 1 aromatic carbocycles. The van der Waals surface area contributed by atoms with Gasteiger partial charge in [0, 0.05) is 32.1 Å². The van der Waals surface area contributed by atoms with E-state index in [1.165, 1.54) is 5.56 Å². The Labute approximate surface area is 126 Å². The lowest BCUT2D eigenvalue weighted by Gasteiger charge is -2.26. The van der Waals surface area contributed by atoms with Gasteiger partial charge in [0.1, 0.15) is 12.2 Å². The van der Waals surface area contributed by atoms with Crippen LogP contribution in [0, 0.1) is 12.3 Å². The Hall–Kier alpha value is -1.68. The van der Waals surface area contributed by atoms with E-state index in [0.29, 0.717) is 11.3 Å². The highest BCUT2D eigenvalue weighted by Gasteiger charge is 2.39. The van der Waals surface area contributed by atoms with E-state index in [4.69, 9.17) is 0 Å². The molecule has 3 rings (SSSR count). The molecule has 4 nitrogen and oxygen atoms in total. The Balaban J connectivity index is 1.66. The molecule has 4 heteroatoms. The molecule has 2 heterocycles. The van der Waals surface area contributed by atoms with Gasteiger partial charge in [-0.15, -0.1) is 10.2 Å². The number of rotatable bonds is 4. The zero-order valence-electron chi connectivity index (χ0n) is 13.2. The molecule has 0 N–H and O–H groups in total. The van der Waals surface area contributed by atoms with Crippen LogP contribution in [-0.2, 0) is 6.54 Å². The molecule has 0 unspecified atom stereocenters. The number of aromatic nitrogens is 3. The minimum Gasteiger partial charge on any atom is -0.317 e. The molecular weight excluding hydrogens is 260 g/mol. The van der Waals surface area contributed by atoms with Crippen molar-refractivity contribution in [1.29, 1.82) is 0 Å². The second-order valence-corrected chi connectivity index (χ2v) is 6.76. The van der Waals surface area contributed by atoms with Gasteiger partial charge in [-0.2, -0.15) is 0 Å². The molecule has 1 atom stereocenters. The lowest BCUT2D eigenvalue weighted by Crippen LogP contribution is -2.27. The van der Waals surface area contributed by atoms with E-state index in [9.17, 15) is 0 Å². The van der Waals surface area contributed by atoms with E-state index in [2.05, 4.69) is 63.8 Å². The summed E-state index contributed by atoms with van der Waals surface area (Å²) >= 11 is 0. The molecule has 0 spiro atoms. The highest BCUT2D eigenvalue weighted by atomic mass is 15.3. The van der Waals surface area contributed by atoms with E-state index in [1.807, 2.05) is 13.3 Å². The van der Waals surface area contributed by atoms with Crippen molar-refractivity contribution in [2.24, 2.45) is 5.41 Å². The predicted octanol–water partition coefficient (Wildman–Crippen LogP) is 2.71. The van der Waals surface area contributed by atoms with Crippen molar-refractivity contribution in [3.05, 3.63) is 48.0 Å². The maximum atomic E-state index is 4.05. The van der Waals surface area contributed by atoms with E-state index >= 15 is 0 Å². The van der Waals surface area contributed by atoms with Crippen molar-refractivity contribution in [3.63, 3.8) is 0 Å². The average Bonchev–Trinajstić information content (AvgIpc) is 3.00. The molecule has 1 saturated heterocycles. The minimum absolute atomic E-state index is 0.323. The number of hydrogen-bond donors (Lipinski definition) is 0. The highest BCUT2D eigenvalue weighted by molar-refractivity contribution is 5.24. The third-order valence-electron chi connectivity index (χ3n) is 4.68. The molecule has 112 valence electrons. The van der Waals surface area contributed by atoms with Crippen LogP contribution in [0.4, 0.5) is 0 Å². The fraction of sp³-hybridized carbons (Fsp3) is 0.529. The molecule has 0 amide bonds. The summed E-state index contributed by atoms with van der Waals surface area (Å²) in [5, 5.41) is 8.00. The van der Waals surface area contributed by atoms with Crippen LogP contribution < -0.4 is 0 Å². The summed E-state index contributed by atoms with van der Waals surface area (Å²) in [6.07, 6.45) is 1.82. The quantitative estimate of drug-likeness (QED) is 0.865. The van der Waals surface area contributed by atoms with Crippen molar-refractivity contribution >= 4 is 0 Å². The third kappa shape index (κ3) is 3.00. The van der Waals surface area contributed by atoms with Gasteiger partial charge >= 0.3 is 0 Å². The van der Waals surface area contributed by atoms with Crippen molar-refractivity contribution < 1.29 is 0 Å². The topological polar surface area (TPSA) is 34.0 Å². The largest absolute Gasteiger partial charge is 0.317 e. The molecule has 1 aromatic heterocycles. The lowest BCUT2D eigenvalue weighted by atomic mass is 9.78. The highest BCUT2D eigenvalue weighted by Crippen LogP contribution is 2.41. The summed E-state index contributed by atoms with van der Waals surface area (Å²) in [6, 6.07) is 10.9. The summed E-state index contributed by atoms with van der Waals surface area (Å²) in [4.78, 5) is 2.57. The zero-order valence-corrected chi connectivity index (χ0v) is 13.2. The first-order valence-corrected chi connectivity index (χ1v) is 7.68. The molecular formula is C17H24N4.